The maximum absolute atomic E-state index is 13.1. The van der Waals surface area contributed by atoms with E-state index in [2.05, 4.69) is 0 Å². The van der Waals surface area contributed by atoms with Gasteiger partial charge >= 0.3 is 0 Å². The first-order valence-electron chi connectivity index (χ1n) is 7.66. The van der Waals surface area contributed by atoms with Gasteiger partial charge in [0.05, 0.1) is 13.3 Å². The van der Waals surface area contributed by atoms with E-state index in [9.17, 15) is 13.2 Å². The molecule has 0 aromatic heterocycles. The Morgan fingerprint density at radius 3 is 2.52 bits per heavy atom. The Morgan fingerprint density at radius 1 is 1.10 bits per heavy atom. The largest absolute Gasteiger partial charge is 0.493 e. The Balaban J connectivity index is 1.67. The smallest absolute Gasteiger partial charge is 0.162 e. The molecule has 117 valence electrons. The number of ether oxygens (including phenoxy) is 1. The van der Waals surface area contributed by atoms with Crippen molar-refractivity contribution < 1.29 is 17.9 Å². The number of rotatable bonds is 7. The standard InChI is InChI=1S/C16H22F3OSi/c17-7-1-2-8-21-9-5-13(6-10-21)12-20-14-3-4-15(18)16(19)11-14/h3-4,11,13H,1-2,5-10,12H2. The quantitative estimate of drug-likeness (QED) is 0.508. The van der Waals surface area contributed by atoms with Gasteiger partial charge in [-0.15, -0.1) is 0 Å². The zero-order valence-corrected chi connectivity index (χ0v) is 13.2. The zero-order chi connectivity index (χ0) is 15.1. The van der Waals surface area contributed by atoms with E-state index in [-0.39, 0.29) is 15.5 Å². The minimum atomic E-state index is -0.866. The van der Waals surface area contributed by atoms with Crippen LogP contribution >= 0.6 is 0 Å². The van der Waals surface area contributed by atoms with E-state index < -0.39 is 11.6 Å². The molecule has 2 rings (SSSR count). The number of alkyl halides is 1. The molecule has 0 bridgehead atoms. The molecular formula is C16H22F3OSi. The first-order chi connectivity index (χ1) is 10.2. The number of benzene rings is 1. The van der Waals surface area contributed by atoms with Crippen molar-refractivity contribution in [1.29, 1.82) is 0 Å². The van der Waals surface area contributed by atoms with Gasteiger partial charge in [-0.05, 0) is 37.3 Å². The van der Waals surface area contributed by atoms with Crippen molar-refractivity contribution in [2.75, 3.05) is 13.3 Å². The third kappa shape index (κ3) is 5.38. The third-order valence-corrected chi connectivity index (χ3v) is 7.16. The molecule has 1 radical (unpaired) electrons. The topological polar surface area (TPSA) is 9.23 Å². The summed E-state index contributed by atoms with van der Waals surface area (Å²) in [6, 6.07) is 7.42. The zero-order valence-electron chi connectivity index (χ0n) is 12.2. The second-order valence-electron chi connectivity index (χ2n) is 5.73. The fraction of sp³-hybridized carbons (Fsp3) is 0.625. The highest BCUT2D eigenvalue weighted by molar-refractivity contribution is 6.58. The van der Waals surface area contributed by atoms with Gasteiger partial charge in [0.15, 0.2) is 11.6 Å². The summed E-state index contributed by atoms with van der Waals surface area (Å²) in [5.41, 5.74) is 0. The molecule has 1 aliphatic rings. The lowest BCUT2D eigenvalue weighted by Gasteiger charge is -2.27. The van der Waals surface area contributed by atoms with Crippen LogP contribution in [0.5, 0.6) is 5.75 Å². The highest BCUT2D eigenvalue weighted by Gasteiger charge is 2.22. The maximum atomic E-state index is 13.1. The Labute approximate surface area is 126 Å². The molecular weight excluding hydrogens is 293 g/mol. The molecule has 1 heterocycles. The van der Waals surface area contributed by atoms with Crippen LogP contribution < -0.4 is 4.74 Å². The lowest BCUT2D eigenvalue weighted by Crippen LogP contribution is -2.24. The summed E-state index contributed by atoms with van der Waals surface area (Å²) in [6.07, 6.45) is 4.03. The van der Waals surface area contributed by atoms with Crippen LogP contribution in [0, 0.1) is 17.6 Å². The van der Waals surface area contributed by atoms with Crippen molar-refractivity contribution in [2.24, 2.45) is 5.92 Å². The second kappa shape index (κ2) is 8.46. The van der Waals surface area contributed by atoms with Crippen molar-refractivity contribution in [2.45, 2.75) is 43.8 Å². The normalized spacial score (nSPS) is 17.1. The monoisotopic (exact) mass is 315 g/mol. The molecule has 0 N–H and O–H groups in total. The molecule has 5 heteroatoms. The Bertz CT molecular complexity index is 434. The van der Waals surface area contributed by atoms with Gasteiger partial charge in [0, 0.05) is 14.9 Å². The van der Waals surface area contributed by atoms with Crippen LogP contribution in [-0.2, 0) is 0 Å². The molecule has 1 fully saturated rings. The number of hydrogen-bond acceptors (Lipinski definition) is 1. The molecule has 0 amide bonds. The van der Waals surface area contributed by atoms with E-state index in [0.717, 1.165) is 31.4 Å². The van der Waals surface area contributed by atoms with Gasteiger partial charge in [-0.25, -0.2) is 8.78 Å². The van der Waals surface area contributed by atoms with Gasteiger partial charge in [0.25, 0.3) is 0 Å². The lowest BCUT2D eigenvalue weighted by molar-refractivity contribution is 0.235. The van der Waals surface area contributed by atoms with Gasteiger partial charge in [-0.3, -0.25) is 4.39 Å². The van der Waals surface area contributed by atoms with Crippen LogP contribution in [0.2, 0.25) is 18.1 Å². The average molecular weight is 315 g/mol. The number of halogens is 3. The summed E-state index contributed by atoms with van der Waals surface area (Å²) in [5, 5.41) is 0. The average Bonchev–Trinajstić information content (AvgIpc) is 2.50. The minimum absolute atomic E-state index is 0.195. The molecule has 1 saturated heterocycles. The van der Waals surface area contributed by atoms with Gasteiger partial charge in [-0.2, -0.15) is 0 Å². The van der Waals surface area contributed by atoms with Crippen LogP contribution in [0.15, 0.2) is 18.2 Å². The molecule has 0 aliphatic carbocycles. The van der Waals surface area contributed by atoms with Crippen LogP contribution in [0.4, 0.5) is 13.2 Å². The molecule has 0 unspecified atom stereocenters. The Morgan fingerprint density at radius 2 is 1.86 bits per heavy atom. The number of unbranched alkanes of at least 4 members (excludes halogenated alkanes) is 1. The summed E-state index contributed by atoms with van der Waals surface area (Å²) in [6.45, 7) is 0.380. The van der Waals surface area contributed by atoms with Crippen molar-refractivity contribution >= 4 is 8.80 Å². The predicted molar refractivity (Wildman–Crippen MR) is 80.0 cm³/mol. The van der Waals surface area contributed by atoms with Crippen LogP contribution in [0.1, 0.15) is 25.7 Å². The van der Waals surface area contributed by atoms with Crippen molar-refractivity contribution in [1.82, 2.24) is 0 Å². The summed E-state index contributed by atoms with van der Waals surface area (Å²) in [4.78, 5) is 0. The summed E-state index contributed by atoms with van der Waals surface area (Å²) < 4.78 is 43.5. The molecule has 0 spiro atoms. The van der Waals surface area contributed by atoms with Crippen LogP contribution in [-0.4, -0.2) is 22.1 Å². The highest BCUT2D eigenvalue weighted by atomic mass is 28.3. The summed E-state index contributed by atoms with van der Waals surface area (Å²) in [7, 11) is -0.279. The maximum Gasteiger partial charge on any atom is 0.162 e. The lowest BCUT2D eigenvalue weighted by atomic mass is 10.0. The molecule has 1 aromatic carbocycles. The third-order valence-electron chi connectivity index (χ3n) is 4.10. The van der Waals surface area contributed by atoms with E-state index in [4.69, 9.17) is 4.74 Å². The minimum Gasteiger partial charge on any atom is -0.493 e. The Hall–Kier alpha value is -0.973. The fourth-order valence-corrected chi connectivity index (χ4v) is 5.89. The SMILES string of the molecule is FCCCC[Si]1CCC(COc2ccc(F)c(F)c2)CC1. The van der Waals surface area contributed by atoms with E-state index in [1.54, 1.807) is 0 Å². The molecule has 21 heavy (non-hydrogen) atoms. The van der Waals surface area contributed by atoms with E-state index in [0.29, 0.717) is 24.7 Å². The first kappa shape index (κ1) is 16.4. The molecule has 0 atom stereocenters. The molecule has 1 nitrogen and oxygen atoms in total. The van der Waals surface area contributed by atoms with Crippen molar-refractivity contribution in [3.05, 3.63) is 29.8 Å². The predicted octanol–water partition coefficient (Wildman–Crippen LogP) is 5.00. The van der Waals surface area contributed by atoms with Gasteiger partial charge in [0.2, 0.25) is 0 Å². The van der Waals surface area contributed by atoms with Crippen molar-refractivity contribution in [3.8, 4) is 5.75 Å². The molecule has 1 aliphatic heterocycles. The van der Waals surface area contributed by atoms with Crippen molar-refractivity contribution in [3.63, 3.8) is 0 Å². The van der Waals surface area contributed by atoms with Crippen LogP contribution in [0.25, 0.3) is 0 Å². The van der Waals surface area contributed by atoms with Gasteiger partial charge in [0.1, 0.15) is 5.75 Å². The molecule has 1 aromatic rings. The second-order valence-corrected chi connectivity index (χ2v) is 8.73. The van der Waals surface area contributed by atoms with Gasteiger partial charge < -0.3 is 4.74 Å². The Kier molecular flexibility index (Phi) is 6.61. The fourth-order valence-electron chi connectivity index (χ4n) is 2.75. The summed E-state index contributed by atoms with van der Waals surface area (Å²) in [5.74, 6) is -0.809. The summed E-state index contributed by atoms with van der Waals surface area (Å²) >= 11 is 0. The first-order valence-corrected chi connectivity index (χ1v) is 9.78. The number of hydrogen-bond donors (Lipinski definition) is 0. The molecule has 0 saturated carbocycles. The van der Waals surface area contributed by atoms with E-state index in [1.807, 2.05) is 0 Å². The van der Waals surface area contributed by atoms with E-state index in [1.165, 1.54) is 24.2 Å². The highest BCUT2D eigenvalue weighted by Crippen LogP contribution is 2.29. The van der Waals surface area contributed by atoms with Gasteiger partial charge in [-0.1, -0.05) is 24.6 Å². The van der Waals surface area contributed by atoms with Crippen LogP contribution in [0.3, 0.4) is 0 Å². The van der Waals surface area contributed by atoms with E-state index >= 15 is 0 Å².